The Balaban J connectivity index is 1.78. The molecule has 2 atom stereocenters. The van der Waals surface area contributed by atoms with Gasteiger partial charge >= 0.3 is 0 Å². The van der Waals surface area contributed by atoms with Gasteiger partial charge in [-0.15, -0.1) is 0 Å². The number of aliphatic imine (C=N–C) groups is 1. The lowest BCUT2D eigenvalue weighted by Crippen LogP contribution is -2.30. The van der Waals surface area contributed by atoms with Crippen molar-refractivity contribution in [2.45, 2.75) is 23.8 Å². The van der Waals surface area contributed by atoms with Gasteiger partial charge in [-0.25, -0.2) is 4.99 Å². The lowest BCUT2D eigenvalue weighted by molar-refractivity contribution is 0.308. The molecule has 4 nitrogen and oxygen atoms in total. The van der Waals surface area contributed by atoms with Gasteiger partial charge < -0.3 is 4.90 Å². The van der Waals surface area contributed by atoms with Crippen LogP contribution >= 0.6 is 0 Å². The highest BCUT2D eigenvalue weighted by molar-refractivity contribution is 7.84. The van der Waals surface area contributed by atoms with Gasteiger partial charge in [-0.1, -0.05) is 12.1 Å². The van der Waals surface area contributed by atoms with E-state index in [0.717, 1.165) is 41.4 Å². The predicted octanol–water partition coefficient (Wildman–Crippen LogP) is 3.30. The van der Waals surface area contributed by atoms with E-state index in [2.05, 4.69) is 28.1 Å². The van der Waals surface area contributed by atoms with E-state index < -0.39 is 10.8 Å². The van der Waals surface area contributed by atoms with Gasteiger partial charge in [-0.2, -0.15) is 0 Å². The Morgan fingerprint density at radius 2 is 1.88 bits per heavy atom. The quantitative estimate of drug-likeness (QED) is 0.863. The molecule has 0 fully saturated rings. The second-order valence-corrected chi connectivity index (χ2v) is 7.44. The second kappa shape index (κ2) is 6.32. The molecule has 0 aliphatic carbocycles. The molecular weight excluding hydrogens is 318 g/mol. The standard InChI is InChI=1S/C19H19N3OS/c1-24(23)16-7-5-14(6-8-16)18-19(15-9-11-20-12-10-15)22-13-3-2-4-17(22)21-18/h4-12,19H,2-3,13H2,1H3. The number of hydrogen-bond acceptors (Lipinski definition) is 4. The molecule has 2 unspecified atom stereocenters. The van der Waals surface area contributed by atoms with Gasteiger partial charge in [0.1, 0.15) is 5.82 Å². The Hall–Kier alpha value is -2.27. The van der Waals surface area contributed by atoms with Crippen LogP contribution in [0.2, 0.25) is 0 Å². The van der Waals surface area contributed by atoms with Crippen LogP contribution in [-0.2, 0) is 10.8 Å². The molecule has 1 aromatic heterocycles. The normalized spacial score (nSPS) is 21.0. The minimum absolute atomic E-state index is 0.123. The Labute approximate surface area is 144 Å². The van der Waals surface area contributed by atoms with Crippen molar-refractivity contribution >= 4 is 16.5 Å². The third-order valence-electron chi connectivity index (χ3n) is 4.53. The maximum atomic E-state index is 11.6. The highest BCUT2D eigenvalue weighted by Gasteiger charge is 2.34. The zero-order valence-corrected chi connectivity index (χ0v) is 14.4. The molecule has 0 N–H and O–H groups in total. The fourth-order valence-corrected chi connectivity index (χ4v) is 3.87. The average Bonchev–Trinajstić information content (AvgIpc) is 3.02. The summed E-state index contributed by atoms with van der Waals surface area (Å²) in [6.07, 6.45) is 9.83. The highest BCUT2D eigenvalue weighted by Crippen LogP contribution is 2.37. The molecule has 0 bridgehead atoms. The van der Waals surface area contributed by atoms with Crippen LogP contribution in [0, 0.1) is 0 Å². The van der Waals surface area contributed by atoms with E-state index in [9.17, 15) is 4.21 Å². The van der Waals surface area contributed by atoms with Crippen LogP contribution in [0.5, 0.6) is 0 Å². The number of benzene rings is 1. The number of aromatic nitrogens is 1. The lowest BCUT2D eigenvalue weighted by atomic mass is 9.96. The maximum absolute atomic E-state index is 11.6. The number of hydrogen-bond donors (Lipinski definition) is 0. The van der Waals surface area contributed by atoms with E-state index in [4.69, 9.17) is 4.99 Å². The summed E-state index contributed by atoms with van der Waals surface area (Å²) in [6.45, 7) is 1.02. The van der Waals surface area contributed by atoms with Gasteiger partial charge in [0.2, 0.25) is 0 Å². The number of nitrogens with zero attached hydrogens (tertiary/aromatic N) is 3. The van der Waals surface area contributed by atoms with Gasteiger partial charge in [-0.05, 0) is 54.3 Å². The van der Waals surface area contributed by atoms with Crippen LogP contribution in [-0.4, -0.2) is 32.6 Å². The topological polar surface area (TPSA) is 45.6 Å². The minimum atomic E-state index is -0.961. The van der Waals surface area contributed by atoms with Crippen molar-refractivity contribution in [2.24, 2.45) is 4.99 Å². The Kier molecular flexibility index (Phi) is 4.02. The zero-order chi connectivity index (χ0) is 16.5. The highest BCUT2D eigenvalue weighted by atomic mass is 32.2. The lowest BCUT2D eigenvalue weighted by Gasteiger charge is -2.30. The first kappa shape index (κ1) is 15.3. The van der Waals surface area contributed by atoms with Crippen molar-refractivity contribution < 1.29 is 4.21 Å². The average molecular weight is 337 g/mol. The van der Waals surface area contributed by atoms with Crippen molar-refractivity contribution in [3.63, 3.8) is 0 Å². The molecule has 0 saturated carbocycles. The monoisotopic (exact) mass is 337 g/mol. The molecule has 122 valence electrons. The summed E-state index contributed by atoms with van der Waals surface area (Å²) in [5.41, 5.74) is 3.35. The van der Waals surface area contributed by atoms with E-state index in [1.54, 1.807) is 6.26 Å². The SMILES string of the molecule is CS(=O)c1ccc(C2=NC3=CCCCN3C2c2ccncc2)cc1. The molecule has 1 aromatic carbocycles. The molecule has 5 heteroatoms. The largest absolute Gasteiger partial charge is 0.344 e. The van der Waals surface area contributed by atoms with Gasteiger partial charge in [0.15, 0.2) is 0 Å². The molecule has 2 aromatic rings. The van der Waals surface area contributed by atoms with E-state index in [1.165, 1.54) is 5.56 Å². The number of allylic oxidation sites excluding steroid dienone is 1. The smallest absolute Gasteiger partial charge is 0.125 e. The third-order valence-corrected chi connectivity index (χ3v) is 5.47. The fourth-order valence-electron chi connectivity index (χ4n) is 3.35. The summed E-state index contributed by atoms with van der Waals surface area (Å²) >= 11 is 0. The first-order valence-electron chi connectivity index (χ1n) is 8.13. The molecule has 4 rings (SSSR count). The Morgan fingerprint density at radius 3 is 2.58 bits per heavy atom. The van der Waals surface area contributed by atoms with Crippen molar-refractivity contribution in [3.8, 4) is 0 Å². The molecule has 2 aliphatic heterocycles. The van der Waals surface area contributed by atoms with Crippen molar-refractivity contribution in [1.82, 2.24) is 9.88 Å². The molecule has 0 saturated heterocycles. The molecule has 0 spiro atoms. The van der Waals surface area contributed by atoms with Crippen LogP contribution in [0.4, 0.5) is 0 Å². The summed E-state index contributed by atoms with van der Waals surface area (Å²) in [5, 5.41) is 0. The molecule has 0 amide bonds. The number of fused-ring (bicyclic) bond motifs is 1. The summed E-state index contributed by atoms with van der Waals surface area (Å²) < 4.78 is 11.6. The van der Waals surface area contributed by atoms with Crippen molar-refractivity contribution in [1.29, 1.82) is 0 Å². The zero-order valence-electron chi connectivity index (χ0n) is 13.6. The van der Waals surface area contributed by atoms with E-state index in [1.807, 2.05) is 36.7 Å². The summed E-state index contributed by atoms with van der Waals surface area (Å²) in [6, 6.07) is 12.2. The molecule has 3 heterocycles. The second-order valence-electron chi connectivity index (χ2n) is 6.06. The molecule has 24 heavy (non-hydrogen) atoms. The summed E-state index contributed by atoms with van der Waals surface area (Å²) in [7, 11) is -0.961. The third kappa shape index (κ3) is 2.69. The van der Waals surface area contributed by atoms with Gasteiger partial charge in [0.25, 0.3) is 0 Å². The first-order valence-corrected chi connectivity index (χ1v) is 9.69. The van der Waals surface area contributed by atoms with Gasteiger partial charge in [0, 0.05) is 40.9 Å². The van der Waals surface area contributed by atoms with E-state index in [-0.39, 0.29) is 6.04 Å². The van der Waals surface area contributed by atoms with Crippen LogP contribution < -0.4 is 0 Å². The Bertz CT molecular complexity index is 827. The van der Waals surface area contributed by atoms with Crippen LogP contribution in [0.25, 0.3) is 0 Å². The number of pyridine rings is 1. The van der Waals surface area contributed by atoms with Crippen LogP contribution in [0.1, 0.15) is 30.0 Å². The minimum Gasteiger partial charge on any atom is -0.344 e. The Morgan fingerprint density at radius 1 is 1.12 bits per heavy atom. The van der Waals surface area contributed by atoms with Crippen molar-refractivity contribution in [2.75, 3.05) is 12.8 Å². The summed E-state index contributed by atoms with van der Waals surface area (Å²) in [5.74, 6) is 1.07. The van der Waals surface area contributed by atoms with Crippen molar-refractivity contribution in [3.05, 3.63) is 71.8 Å². The molecule has 2 aliphatic rings. The number of rotatable bonds is 3. The van der Waals surface area contributed by atoms with E-state index >= 15 is 0 Å². The van der Waals surface area contributed by atoms with Gasteiger partial charge in [-0.3, -0.25) is 9.19 Å². The van der Waals surface area contributed by atoms with Crippen LogP contribution in [0.15, 0.2) is 70.6 Å². The fraction of sp³-hybridized carbons (Fsp3) is 0.263. The first-order chi connectivity index (χ1) is 11.7. The van der Waals surface area contributed by atoms with Crippen LogP contribution in [0.3, 0.4) is 0 Å². The predicted molar refractivity (Wildman–Crippen MR) is 96.3 cm³/mol. The van der Waals surface area contributed by atoms with Gasteiger partial charge in [0.05, 0.1) is 11.8 Å². The molecule has 0 radical (unpaired) electrons. The maximum Gasteiger partial charge on any atom is 0.125 e. The summed E-state index contributed by atoms with van der Waals surface area (Å²) in [4.78, 5) is 12.3. The molecular formula is C19H19N3OS. The van der Waals surface area contributed by atoms with E-state index in [0.29, 0.717) is 0 Å².